The normalized spacial score (nSPS) is 20.7. The van der Waals surface area contributed by atoms with Crippen LogP contribution in [0, 0.1) is 0 Å². The van der Waals surface area contributed by atoms with Crippen LogP contribution in [0.3, 0.4) is 0 Å². The van der Waals surface area contributed by atoms with Gasteiger partial charge in [-0.15, -0.1) is 11.3 Å². The van der Waals surface area contributed by atoms with Crippen LogP contribution in [0.25, 0.3) is 0 Å². The fourth-order valence-corrected chi connectivity index (χ4v) is 3.46. The number of hydrogen-bond acceptors (Lipinski definition) is 3. The number of amides is 3. The maximum Gasteiger partial charge on any atom is 0.317 e. The third-order valence-electron chi connectivity index (χ3n) is 3.81. The predicted octanol–water partition coefficient (Wildman–Crippen LogP) is 1.38. The number of thiophene rings is 1. The van der Waals surface area contributed by atoms with E-state index in [1.807, 2.05) is 27.3 Å². The molecule has 2 aliphatic rings. The zero-order valence-corrected chi connectivity index (χ0v) is 11.5. The Morgan fingerprint density at radius 1 is 1.32 bits per heavy atom. The minimum absolute atomic E-state index is 0.0445. The van der Waals surface area contributed by atoms with Gasteiger partial charge in [0.1, 0.15) is 0 Å². The molecule has 3 heterocycles. The Bertz CT molecular complexity index is 466. The van der Waals surface area contributed by atoms with E-state index >= 15 is 0 Å². The molecule has 5 nitrogen and oxygen atoms in total. The molecule has 0 aromatic carbocycles. The van der Waals surface area contributed by atoms with Crippen molar-refractivity contribution in [1.29, 1.82) is 0 Å². The van der Waals surface area contributed by atoms with Crippen LogP contribution in [0.2, 0.25) is 0 Å². The van der Waals surface area contributed by atoms with Gasteiger partial charge in [-0.1, -0.05) is 6.07 Å². The molecule has 3 rings (SSSR count). The molecule has 0 saturated carbocycles. The molecule has 1 N–H and O–H groups in total. The molecule has 0 radical (unpaired) electrons. The van der Waals surface area contributed by atoms with Gasteiger partial charge in [0.25, 0.3) is 5.91 Å². The lowest BCUT2D eigenvalue weighted by atomic mass is 10.0. The molecule has 0 spiro atoms. The van der Waals surface area contributed by atoms with Gasteiger partial charge in [0, 0.05) is 32.2 Å². The molecule has 1 aromatic heterocycles. The quantitative estimate of drug-likeness (QED) is 0.889. The molecule has 1 aromatic rings. The first-order valence-electron chi connectivity index (χ1n) is 6.63. The molecule has 0 bridgehead atoms. The molecule has 2 aliphatic heterocycles. The Morgan fingerprint density at radius 2 is 2.11 bits per heavy atom. The van der Waals surface area contributed by atoms with Gasteiger partial charge in [-0.3, -0.25) is 4.79 Å². The number of rotatable bonds is 2. The highest BCUT2D eigenvalue weighted by molar-refractivity contribution is 7.12. The van der Waals surface area contributed by atoms with Crippen LogP contribution in [-0.2, 0) is 0 Å². The van der Waals surface area contributed by atoms with E-state index in [0.29, 0.717) is 0 Å². The van der Waals surface area contributed by atoms with E-state index < -0.39 is 0 Å². The average Bonchev–Trinajstić information content (AvgIpc) is 3.09. The predicted molar refractivity (Wildman–Crippen MR) is 73.3 cm³/mol. The smallest absolute Gasteiger partial charge is 0.317 e. The lowest BCUT2D eigenvalue weighted by Gasteiger charge is -2.35. The number of piperidine rings is 1. The third kappa shape index (κ3) is 2.45. The molecule has 0 unspecified atom stereocenters. The molecule has 102 valence electrons. The fraction of sp³-hybridized carbons (Fsp3) is 0.538. The van der Waals surface area contributed by atoms with Crippen molar-refractivity contribution in [2.45, 2.75) is 18.9 Å². The molecule has 3 amide bonds. The molecule has 0 atom stereocenters. The van der Waals surface area contributed by atoms with E-state index in [2.05, 4.69) is 5.32 Å². The van der Waals surface area contributed by atoms with Crippen LogP contribution in [0.1, 0.15) is 22.5 Å². The highest BCUT2D eigenvalue weighted by Crippen LogP contribution is 2.21. The van der Waals surface area contributed by atoms with E-state index in [1.54, 1.807) is 0 Å². The molecular formula is C13H17N3O2S. The Kier molecular flexibility index (Phi) is 3.42. The lowest BCUT2D eigenvalue weighted by molar-refractivity contribution is 0.0671. The summed E-state index contributed by atoms with van der Waals surface area (Å²) in [6, 6.07) is 4.10. The summed E-state index contributed by atoms with van der Waals surface area (Å²) >= 11 is 1.49. The summed E-state index contributed by atoms with van der Waals surface area (Å²) in [4.78, 5) is 28.4. The van der Waals surface area contributed by atoms with Crippen molar-refractivity contribution in [3.8, 4) is 0 Å². The minimum Gasteiger partial charge on any atom is -0.338 e. The molecule has 2 saturated heterocycles. The minimum atomic E-state index is 0.0445. The zero-order valence-electron chi connectivity index (χ0n) is 10.7. The lowest BCUT2D eigenvalue weighted by Crippen LogP contribution is -2.47. The number of nitrogens with one attached hydrogen (secondary N) is 1. The molecule has 19 heavy (non-hydrogen) atoms. The van der Waals surface area contributed by atoms with Gasteiger partial charge < -0.3 is 15.1 Å². The number of carbonyl (C=O) groups is 2. The highest BCUT2D eigenvalue weighted by Gasteiger charge is 2.32. The largest absolute Gasteiger partial charge is 0.338 e. The van der Waals surface area contributed by atoms with Crippen LogP contribution in [-0.4, -0.2) is 54.0 Å². The Balaban J connectivity index is 1.57. The molecule has 0 aliphatic carbocycles. The Hall–Kier alpha value is -1.56. The van der Waals surface area contributed by atoms with Gasteiger partial charge in [0.2, 0.25) is 0 Å². The Labute approximate surface area is 116 Å². The number of likely N-dealkylation sites (tertiary alicyclic amines) is 1. The van der Waals surface area contributed by atoms with Crippen molar-refractivity contribution in [2.75, 3.05) is 26.2 Å². The summed E-state index contributed by atoms with van der Waals surface area (Å²) in [5.41, 5.74) is 0. The van der Waals surface area contributed by atoms with Crippen LogP contribution in [0.4, 0.5) is 4.79 Å². The van der Waals surface area contributed by atoms with Gasteiger partial charge in [-0.2, -0.15) is 0 Å². The van der Waals surface area contributed by atoms with Crippen LogP contribution < -0.4 is 5.32 Å². The topological polar surface area (TPSA) is 52.7 Å². The first-order chi connectivity index (χ1) is 9.25. The van der Waals surface area contributed by atoms with E-state index in [-0.39, 0.29) is 18.0 Å². The SMILES string of the molecule is O=C(c1cccs1)N1CCC(N2CCNC2=O)CC1. The van der Waals surface area contributed by atoms with E-state index in [4.69, 9.17) is 0 Å². The number of nitrogens with zero attached hydrogens (tertiary/aromatic N) is 2. The van der Waals surface area contributed by atoms with Crippen LogP contribution in [0.5, 0.6) is 0 Å². The van der Waals surface area contributed by atoms with Crippen molar-refractivity contribution in [2.24, 2.45) is 0 Å². The van der Waals surface area contributed by atoms with E-state index in [1.165, 1.54) is 11.3 Å². The summed E-state index contributed by atoms with van der Waals surface area (Å²) < 4.78 is 0. The van der Waals surface area contributed by atoms with E-state index in [9.17, 15) is 9.59 Å². The first kappa shape index (κ1) is 12.5. The van der Waals surface area contributed by atoms with Crippen molar-refractivity contribution < 1.29 is 9.59 Å². The summed E-state index contributed by atoms with van der Waals surface area (Å²) in [5, 5.41) is 4.76. The summed E-state index contributed by atoms with van der Waals surface area (Å²) in [6.45, 7) is 3.02. The van der Waals surface area contributed by atoms with Crippen molar-refractivity contribution in [3.63, 3.8) is 0 Å². The standard InChI is InChI=1S/C13H17N3O2S/c17-12(11-2-1-9-19-11)15-6-3-10(4-7-15)16-8-5-14-13(16)18/h1-2,9-10H,3-8H2,(H,14,18). The number of urea groups is 1. The second-order valence-electron chi connectivity index (χ2n) is 4.93. The van der Waals surface area contributed by atoms with E-state index in [0.717, 1.165) is 43.9 Å². The van der Waals surface area contributed by atoms with Crippen molar-refractivity contribution in [1.82, 2.24) is 15.1 Å². The van der Waals surface area contributed by atoms with Crippen molar-refractivity contribution in [3.05, 3.63) is 22.4 Å². The molecular weight excluding hydrogens is 262 g/mol. The monoisotopic (exact) mass is 279 g/mol. The van der Waals surface area contributed by atoms with Gasteiger partial charge in [-0.05, 0) is 24.3 Å². The summed E-state index contributed by atoms with van der Waals surface area (Å²) in [5.74, 6) is 0.124. The molecule has 6 heteroatoms. The summed E-state index contributed by atoms with van der Waals surface area (Å²) in [7, 11) is 0. The average molecular weight is 279 g/mol. The second kappa shape index (κ2) is 5.21. The first-order valence-corrected chi connectivity index (χ1v) is 7.51. The maximum absolute atomic E-state index is 12.2. The van der Waals surface area contributed by atoms with Gasteiger partial charge in [-0.25, -0.2) is 4.79 Å². The number of carbonyl (C=O) groups excluding carboxylic acids is 2. The van der Waals surface area contributed by atoms with Gasteiger partial charge >= 0.3 is 6.03 Å². The second-order valence-corrected chi connectivity index (χ2v) is 5.87. The zero-order chi connectivity index (χ0) is 13.2. The highest BCUT2D eigenvalue weighted by atomic mass is 32.1. The van der Waals surface area contributed by atoms with Crippen molar-refractivity contribution >= 4 is 23.3 Å². The number of hydrogen-bond donors (Lipinski definition) is 1. The van der Waals surface area contributed by atoms with Gasteiger partial charge in [0.05, 0.1) is 4.88 Å². The fourth-order valence-electron chi connectivity index (χ4n) is 2.77. The molecule has 2 fully saturated rings. The Morgan fingerprint density at radius 3 is 2.68 bits per heavy atom. The maximum atomic E-state index is 12.2. The van der Waals surface area contributed by atoms with Gasteiger partial charge in [0.15, 0.2) is 0 Å². The summed E-state index contributed by atoms with van der Waals surface area (Å²) in [6.07, 6.45) is 1.76. The van der Waals surface area contributed by atoms with Crippen LogP contribution >= 0.6 is 11.3 Å². The third-order valence-corrected chi connectivity index (χ3v) is 4.67. The van der Waals surface area contributed by atoms with Crippen LogP contribution in [0.15, 0.2) is 17.5 Å².